The van der Waals surface area contributed by atoms with Crippen LogP contribution in [-0.4, -0.2) is 26.3 Å². The summed E-state index contributed by atoms with van der Waals surface area (Å²) >= 11 is 0. The van der Waals surface area contributed by atoms with E-state index >= 15 is 0 Å². The second-order valence-corrected chi connectivity index (χ2v) is 5.87. The van der Waals surface area contributed by atoms with Crippen molar-refractivity contribution in [3.8, 4) is 0 Å². The second kappa shape index (κ2) is 4.06. The Morgan fingerprint density at radius 1 is 0.933 bits per heavy atom. The number of ether oxygens (including phenoxy) is 1. The Labute approximate surface area is 92.8 Å². The number of hydrogen-bond acceptors (Lipinski definition) is 2. The maximum atomic E-state index is 5.45. The molecule has 0 bridgehead atoms. The van der Waals surface area contributed by atoms with Gasteiger partial charge in [0.1, 0.15) is 0 Å². The Kier molecular flexibility index (Phi) is 2.73. The van der Waals surface area contributed by atoms with Gasteiger partial charge in [0.25, 0.3) is 0 Å². The molecule has 2 heteroatoms. The van der Waals surface area contributed by atoms with E-state index in [0.717, 1.165) is 30.5 Å². The molecule has 2 nitrogen and oxygen atoms in total. The number of hydrogen-bond donors (Lipinski definition) is 1. The van der Waals surface area contributed by atoms with E-state index in [1.165, 1.54) is 51.6 Å². The first-order valence-corrected chi connectivity index (χ1v) is 6.66. The fourth-order valence-electron chi connectivity index (χ4n) is 3.94. The fraction of sp³-hybridized carbons (Fsp3) is 1.00. The monoisotopic (exact) mass is 209 g/mol. The van der Waals surface area contributed by atoms with Crippen LogP contribution in [0.3, 0.4) is 0 Å². The lowest BCUT2D eigenvalue weighted by molar-refractivity contribution is -0.0451. The van der Waals surface area contributed by atoms with E-state index in [0.29, 0.717) is 0 Å². The predicted octanol–water partition coefficient (Wildman–Crippen LogP) is 2.19. The predicted molar refractivity (Wildman–Crippen MR) is 60.8 cm³/mol. The van der Waals surface area contributed by atoms with E-state index in [2.05, 4.69) is 5.32 Å². The molecule has 15 heavy (non-hydrogen) atoms. The molecule has 1 N–H and O–H groups in total. The minimum atomic E-state index is 0.772. The van der Waals surface area contributed by atoms with E-state index in [-0.39, 0.29) is 0 Å². The van der Waals surface area contributed by atoms with Crippen LogP contribution in [0.2, 0.25) is 0 Å². The molecule has 2 aliphatic heterocycles. The maximum absolute atomic E-state index is 5.45. The van der Waals surface area contributed by atoms with Gasteiger partial charge in [0.05, 0.1) is 0 Å². The highest BCUT2D eigenvalue weighted by Crippen LogP contribution is 2.55. The molecule has 0 aromatic carbocycles. The number of rotatable bonds is 1. The van der Waals surface area contributed by atoms with Gasteiger partial charge in [0, 0.05) is 13.2 Å². The molecule has 3 rings (SSSR count). The average molecular weight is 209 g/mol. The minimum absolute atomic E-state index is 0.772. The molecule has 1 saturated carbocycles. The lowest BCUT2D eigenvalue weighted by atomic mass is 9.54. The third-order valence-corrected chi connectivity index (χ3v) is 4.99. The van der Waals surface area contributed by atoms with Gasteiger partial charge in [-0.2, -0.15) is 0 Å². The molecule has 0 unspecified atom stereocenters. The van der Waals surface area contributed by atoms with Gasteiger partial charge in [0.15, 0.2) is 0 Å². The van der Waals surface area contributed by atoms with Crippen molar-refractivity contribution in [2.24, 2.45) is 17.3 Å². The molecule has 3 fully saturated rings. The van der Waals surface area contributed by atoms with Gasteiger partial charge in [-0.3, -0.25) is 0 Å². The van der Waals surface area contributed by atoms with Crippen LogP contribution in [0.4, 0.5) is 0 Å². The van der Waals surface area contributed by atoms with E-state index in [9.17, 15) is 0 Å². The molecular formula is C13H23NO. The smallest absolute Gasteiger partial charge is 0.0468 e. The first-order chi connectivity index (χ1) is 7.38. The zero-order valence-corrected chi connectivity index (χ0v) is 9.63. The molecule has 2 heterocycles. The second-order valence-electron chi connectivity index (χ2n) is 5.87. The van der Waals surface area contributed by atoms with Gasteiger partial charge >= 0.3 is 0 Å². The summed E-state index contributed by atoms with van der Waals surface area (Å²) in [5.41, 5.74) is 0.772. The van der Waals surface area contributed by atoms with E-state index < -0.39 is 0 Å². The van der Waals surface area contributed by atoms with Crippen LogP contribution in [0.25, 0.3) is 0 Å². The summed E-state index contributed by atoms with van der Waals surface area (Å²) in [4.78, 5) is 0. The van der Waals surface area contributed by atoms with Crippen molar-refractivity contribution in [1.29, 1.82) is 0 Å². The van der Waals surface area contributed by atoms with Crippen LogP contribution in [0.15, 0.2) is 0 Å². The van der Waals surface area contributed by atoms with Crippen molar-refractivity contribution in [3.63, 3.8) is 0 Å². The summed E-state index contributed by atoms with van der Waals surface area (Å²) in [5, 5.41) is 3.48. The molecule has 2 saturated heterocycles. The third-order valence-electron chi connectivity index (χ3n) is 4.99. The van der Waals surface area contributed by atoms with E-state index in [1.807, 2.05) is 0 Å². The van der Waals surface area contributed by atoms with Crippen LogP contribution in [0.1, 0.15) is 38.5 Å². The van der Waals surface area contributed by atoms with Crippen LogP contribution in [0, 0.1) is 17.3 Å². The molecule has 0 aromatic rings. The highest BCUT2D eigenvalue weighted by atomic mass is 16.5. The van der Waals surface area contributed by atoms with Gasteiger partial charge in [0.2, 0.25) is 0 Å². The molecular weight excluding hydrogens is 186 g/mol. The zero-order chi connectivity index (χ0) is 10.1. The fourth-order valence-corrected chi connectivity index (χ4v) is 3.94. The first kappa shape index (κ1) is 10.1. The lowest BCUT2D eigenvalue weighted by Gasteiger charge is -2.53. The van der Waals surface area contributed by atoms with Crippen molar-refractivity contribution in [2.75, 3.05) is 26.3 Å². The van der Waals surface area contributed by atoms with Crippen LogP contribution in [-0.2, 0) is 4.74 Å². The molecule has 0 amide bonds. The average Bonchev–Trinajstić information content (AvgIpc) is 2.28. The van der Waals surface area contributed by atoms with Gasteiger partial charge in [-0.1, -0.05) is 0 Å². The van der Waals surface area contributed by atoms with Crippen molar-refractivity contribution in [2.45, 2.75) is 38.5 Å². The van der Waals surface area contributed by atoms with Crippen LogP contribution < -0.4 is 5.32 Å². The summed E-state index contributed by atoms with van der Waals surface area (Å²) in [6.45, 7) is 4.58. The molecule has 1 spiro atoms. The first-order valence-electron chi connectivity index (χ1n) is 6.66. The van der Waals surface area contributed by atoms with Crippen LogP contribution in [0.5, 0.6) is 0 Å². The lowest BCUT2D eigenvalue weighted by Crippen LogP contribution is -2.48. The van der Waals surface area contributed by atoms with Crippen molar-refractivity contribution >= 4 is 0 Å². The number of nitrogens with one attached hydrogen (secondary N) is 1. The SMILES string of the molecule is C1CC2(CCN1)CC(C1CCOCC1)C2. The Morgan fingerprint density at radius 3 is 2.27 bits per heavy atom. The molecule has 0 radical (unpaired) electrons. The number of piperidine rings is 1. The zero-order valence-electron chi connectivity index (χ0n) is 9.63. The van der Waals surface area contributed by atoms with Gasteiger partial charge in [-0.05, 0) is 68.9 Å². The minimum Gasteiger partial charge on any atom is -0.381 e. The highest BCUT2D eigenvalue weighted by Gasteiger charge is 2.46. The largest absolute Gasteiger partial charge is 0.381 e. The quantitative estimate of drug-likeness (QED) is 0.715. The normalized spacial score (nSPS) is 32.8. The van der Waals surface area contributed by atoms with Gasteiger partial charge in [-0.25, -0.2) is 0 Å². The summed E-state index contributed by atoms with van der Waals surface area (Å²) in [7, 11) is 0. The van der Waals surface area contributed by atoms with Gasteiger partial charge in [-0.15, -0.1) is 0 Å². The van der Waals surface area contributed by atoms with Gasteiger partial charge < -0.3 is 10.1 Å². The van der Waals surface area contributed by atoms with Crippen molar-refractivity contribution in [3.05, 3.63) is 0 Å². The summed E-state index contributed by atoms with van der Waals surface area (Å²) in [5.74, 6) is 2.05. The summed E-state index contributed by atoms with van der Waals surface area (Å²) in [6.07, 6.45) is 8.59. The van der Waals surface area contributed by atoms with E-state index in [4.69, 9.17) is 4.74 Å². The Hall–Kier alpha value is -0.0800. The third kappa shape index (κ3) is 1.94. The summed E-state index contributed by atoms with van der Waals surface area (Å²) < 4.78 is 5.45. The standard InChI is InChI=1S/C13H23NO/c1-7-15-8-2-11(1)12-9-13(10-12)3-5-14-6-4-13/h11-12,14H,1-10H2. The summed E-state index contributed by atoms with van der Waals surface area (Å²) in [6, 6.07) is 0. The molecule has 1 aliphatic carbocycles. The molecule has 0 atom stereocenters. The Morgan fingerprint density at radius 2 is 1.60 bits per heavy atom. The van der Waals surface area contributed by atoms with Crippen LogP contribution >= 0.6 is 0 Å². The highest BCUT2D eigenvalue weighted by molar-refractivity contribution is 4.98. The Balaban J connectivity index is 1.51. The van der Waals surface area contributed by atoms with Crippen molar-refractivity contribution < 1.29 is 4.74 Å². The maximum Gasteiger partial charge on any atom is 0.0468 e. The van der Waals surface area contributed by atoms with E-state index in [1.54, 1.807) is 0 Å². The van der Waals surface area contributed by atoms with Crippen molar-refractivity contribution in [1.82, 2.24) is 5.32 Å². The molecule has 86 valence electrons. The molecule has 0 aromatic heterocycles. The Bertz CT molecular complexity index is 209. The molecule has 3 aliphatic rings. The topological polar surface area (TPSA) is 21.3 Å².